The SMILES string of the molecule is CCc1cc(=O)oc2cc(OC(C)C(=O)Nc3ccc(F)c(F)c3F)ccc12. The second kappa shape index (κ2) is 7.75. The molecule has 3 rings (SSSR count). The van der Waals surface area contributed by atoms with Crippen molar-refractivity contribution in [2.45, 2.75) is 26.4 Å². The number of rotatable bonds is 5. The van der Waals surface area contributed by atoms with Crippen LogP contribution in [-0.4, -0.2) is 12.0 Å². The van der Waals surface area contributed by atoms with Gasteiger partial charge in [-0.3, -0.25) is 4.79 Å². The Morgan fingerprint density at radius 3 is 2.61 bits per heavy atom. The van der Waals surface area contributed by atoms with E-state index in [1.807, 2.05) is 6.92 Å². The average Bonchev–Trinajstić information content (AvgIpc) is 2.67. The van der Waals surface area contributed by atoms with E-state index in [9.17, 15) is 22.8 Å². The van der Waals surface area contributed by atoms with Crippen molar-refractivity contribution in [1.29, 1.82) is 0 Å². The Bertz CT molecular complexity index is 1110. The van der Waals surface area contributed by atoms with Crippen LogP contribution in [0.25, 0.3) is 11.0 Å². The van der Waals surface area contributed by atoms with Crippen LogP contribution in [0.15, 0.2) is 45.6 Å². The van der Waals surface area contributed by atoms with Gasteiger partial charge in [-0.2, -0.15) is 0 Å². The highest BCUT2D eigenvalue weighted by atomic mass is 19.2. The van der Waals surface area contributed by atoms with Gasteiger partial charge in [0.25, 0.3) is 5.91 Å². The lowest BCUT2D eigenvalue weighted by atomic mass is 10.1. The topological polar surface area (TPSA) is 68.5 Å². The summed E-state index contributed by atoms with van der Waals surface area (Å²) in [6.07, 6.45) is -0.452. The molecule has 0 spiro atoms. The van der Waals surface area contributed by atoms with E-state index in [2.05, 4.69) is 5.32 Å². The third-order valence-electron chi connectivity index (χ3n) is 4.16. The quantitative estimate of drug-likeness (QED) is 0.523. The van der Waals surface area contributed by atoms with E-state index < -0.39 is 40.8 Å². The predicted molar refractivity (Wildman–Crippen MR) is 96.9 cm³/mol. The van der Waals surface area contributed by atoms with Crippen LogP contribution in [-0.2, 0) is 11.2 Å². The number of fused-ring (bicyclic) bond motifs is 1. The largest absolute Gasteiger partial charge is 0.481 e. The Hall–Kier alpha value is -3.29. The van der Waals surface area contributed by atoms with Crippen molar-refractivity contribution in [3.8, 4) is 5.75 Å². The van der Waals surface area contributed by atoms with Gasteiger partial charge in [0.15, 0.2) is 23.6 Å². The zero-order chi connectivity index (χ0) is 20.4. The van der Waals surface area contributed by atoms with E-state index in [1.54, 1.807) is 12.1 Å². The lowest BCUT2D eigenvalue weighted by molar-refractivity contribution is -0.122. The van der Waals surface area contributed by atoms with Crippen LogP contribution in [0, 0.1) is 17.5 Å². The first-order valence-corrected chi connectivity index (χ1v) is 8.48. The maximum Gasteiger partial charge on any atom is 0.336 e. The van der Waals surface area contributed by atoms with Crippen LogP contribution in [0.4, 0.5) is 18.9 Å². The maximum absolute atomic E-state index is 13.7. The first kappa shape index (κ1) is 19.5. The summed E-state index contributed by atoms with van der Waals surface area (Å²) in [5.41, 5.74) is 0.121. The Morgan fingerprint density at radius 2 is 1.89 bits per heavy atom. The first-order valence-electron chi connectivity index (χ1n) is 8.48. The van der Waals surface area contributed by atoms with Gasteiger partial charge in [0.1, 0.15) is 11.3 Å². The normalized spacial score (nSPS) is 12.0. The van der Waals surface area contributed by atoms with Gasteiger partial charge in [0.2, 0.25) is 0 Å². The summed E-state index contributed by atoms with van der Waals surface area (Å²) in [7, 11) is 0. The summed E-state index contributed by atoms with van der Waals surface area (Å²) >= 11 is 0. The van der Waals surface area contributed by atoms with Crippen LogP contribution in [0.2, 0.25) is 0 Å². The average molecular weight is 391 g/mol. The lowest BCUT2D eigenvalue weighted by Gasteiger charge is -2.15. The number of hydrogen-bond acceptors (Lipinski definition) is 4. The van der Waals surface area contributed by atoms with E-state index in [-0.39, 0.29) is 5.75 Å². The second-order valence-corrected chi connectivity index (χ2v) is 6.07. The predicted octanol–water partition coefficient (Wildman–Crippen LogP) is 4.18. The Labute approximate surface area is 157 Å². The molecule has 0 aliphatic carbocycles. The fourth-order valence-corrected chi connectivity index (χ4v) is 2.69. The van der Waals surface area contributed by atoms with Crippen molar-refractivity contribution < 1.29 is 27.1 Å². The van der Waals surface area contributed by atoms with Crippen LogP contribution in [0.5, 0.6) is 5.75 Å². The molecule has 28 heavy (non-hydrogen) atoms. The molecule has 1 atom stereocenters. The molecule has 146 valence electrons. The Morgan fingerprint density at radius 1 is 1.14 bits per heavy atom. The monoisotopic (exact) mass is 391 g/mol. The van der Waals surface area contributed by atoms with Crippen LogP contribution in [0.3, 0.4) is 0 Å². The summed E-state index contributed by atoms with van der Waals surface area (Å²) in [6, 6.07) is 7.80. The van der Waals surface area contributed by atoms with Crippen molar-refractivity contribution in [1.82, 2.24) is 0 Å². The molecule has 1 heterocycles. The number of nitrogens with one attached hydrogen (secondary N) is 1. The van der Waals surface area contributed by atoms with Crippen LogP contribution >= 0.6 is 0 Å². The zero-order valence-corrected chi connectivity index (χ0v) is 15.0. The molecule has 0 saturated heterocycles. The van der Waals surface area contributed by atoms with Crippen molar-refractivity contribution >= 4 is 22.6 Å². The molecular weight excluding hydrogens is 375 g/mol. The molecule has 0 saturated carbocycles. The second-order valence-electron chi connectivity index (χ2n) is 6.07. The smallest absolute Gasteiger partial charge is 0.336 e. The summed E-state index contributed by atoms with van der Waals surface area (Å²) in [4.78, 5) is 23.8. The van der Waals surface area contributed by atoms with Crippen molar-refractivity contribution in [3.05, 3.63) is 69.8 Å². The molecule has 5 nitrogen and oxygen atoms in total. The first-order chi connectivity index (χ1) is 13.3. The molecule has 3 aromatic rings. The van der Waals surface area contributed by atoms with E-state index in [0.29, 0.717) is 18.1 Å². The van der Waals surface area contributed by atoms with Gasteiger partial charge in [-0.25, -0.2) is 18.0 Å². The fourth-order valence-electron chi connectivity index (χ4n) is 2.69. The minimum absolute atomic E-state index is 0.248. The number of carbonyl (C=O) groups excluding carboxylic acids is 1. The standard InChI is InChI=1S/C20H16F3NO4/c1-3-11-8-17(25)28-16-9-12(4-5-13(11)16)27-10(2)20(26)24-15-7-6-14(21)18(22)19(15)23/h4-10H,3H2,1-2H3,(H,24,26). The van der Waals surface area contributed by atoms with E-state index in [4.69, 9.17) is 9.15 Å². The molecule has 0 aliphatic heterocycles. The number of halogens is 3. The van der Waals surface area contributed by atoms with Gasteiger partial charge in [0, 0.05) is 17.5 Å². The maximum atomic E-state index is 13.7. The summed E-state index contributed by atoms with van der Waals surface area (Å²) in [6.45, 7) is 3.30. The van der Waals surface area contributed by atoms with Gasteiger partial charge in [-0.15, -0.1) is 0 Å². The van der Waals surface area contributed by atoms with Crippen LogP contribution in [0.1, 0.15) is 19.4 Å². The minimum Gasteiger partial charge on any atom is -0.481 e. The fraction of sp³-hybridized carbons (Fsp3) is 0.200. The minimum atomic E-state index is -1.68. The van der Waals surface area contributed by atoms with Gasteiger partial charge in [-0.05, 0) is 43.2 Å². The lowest BCUT2D eigenvalue weighted by Crippen LogP contribution is -2.30. The molecule has 0 fully saturated rings. The van der Waals surface area contributed by atoms with Gasteiger partial charge in [0.05, 0.1) is 5.69 Å². The summed E-state index contributed by atoms with van der Waals surface area (Å²) in [5, 5.41) is 2.89. The molecule has 0 radical (unpaired) electrons. The third-order valence-corrected chi connectivity index (χ3v) is 4.16. The highest BCUT2D eigenvalue weighted by Gasteiger charge is 2.20. The van der Waals surface area contributed by atoms with E-state index in [0.717, 1.165) is 17.0 Å². The number of ether oxygens (including phenoxy) is 1. The Balaban J connectivity index is 1.79. The van der Waals surface area contributed by atoms with Crippen molar-refractivity contribution in [2.24, 2.45) is 0 Å². The number of amides is 1. The molecule has 1 unspecified atom stereocenters. The summed E-state index contributed by atoms with van der Waals surface area (Å²) in [5.74, 6) is -5.06. The number of aryl methyl sites for hydroxylation is 1. The van der Waals surface area contributed by atoms with E-state index >= 15 is 0 Å². The van der Waals surface area contributed by atoms with Crippen molar-refractivity contribution in [2.75, 3.05) is 5.32 Å². The van der Waals surface area contributed by atoms with Gasteiger partial charge >= 0.3 is 5.63 Å². The molecule has 1 amide bonds. The molecule has 0 bridgehead atoms. The third kappa shape index (κ3) is 3.85. The molecule has 8 heteroatoms. The highest BCUT2D eigenvalue weighted by molar-refractivity contribution is 5.94. The van der Waals surface area contributed by atoms with Crippen molar-refractivity contribution in [3.63, 3.8) is 0 Å². The number of benzene rings is 2. The summed E-state index contributed by atoms with van der Waals surface area (Å²) < 4.78 is 50.6. The Kier molecular flexibility index (Phi) is 5.39. The van der Waals surface area contributed by atoms with Gasteiger partial charge in [-0.1, -0.05) is 6.92 Å². The number of carbonyl (C=O) groups is 1. The number of anilines is 1. The molecule has 1 aromatic heterocycles. The van der Waals surface area contributed by atoms with Gasteiger partial charge < -0.3 is 14.5 Å². The number of hydrogen-bond donors (Lipinski definition) is 1. The molecule has 0 aliphatic rings. The highest BCUT2D eigenvalue weighted by Crippen LogP contribution is 2.24. The molecule has 2 aromatic carbocycles. The molecular formula is C20H16F3NO4. The zero-order valence-electron chi connectivity index (χ0n) is 15.0. The van der Waals surface area contributed by atoms with Crippen LogP contribution < -0.4 is 15.7 Å². The van der Waals surface area contributed by atoms with E-state index in [1.165, 1.54) is 19.1 Å². The molecule has 1 N–H and O–H groups in total.